The summed E-state index contributed by atoms with van der Waals surface area (Å²) >= 11 is 0. The van der Waals surface area contributed by atoms with Crippen molar-refractivity contribution in [1.29, 1.82) is 0 Å². The molecule has 4 rings (SSSR count). The fourth-order valence-electron chi connectivity index (χ4n) is 4.41. The summed E-state index contributed by atoms with van der Waals surface area (Å²) in [6.45, 7) is -0.644. The van der Waals surface area contributed by atoms with Crippen molar-refractivity contribution in [2.75, 3.05) is 13.8 Å². The highest BCUT2D eigenvalue weighted by Gasteiger charge is 2.19. The number of aryl methyl sites for hydroxylation is 1. The summed E-state index contributed by atoms with van der Waals surface area (Å²) in [6, 6.07) is 23.6. The number of unbranched alkanes of at least 4 members (excludes halogenated alkanes) is 1. The predicted molar refractivity (Wildman–Crippen MR) is 129 cm³/mol. The molecule has 0 aliphatic heterocycles. The lowest BCUT2D eigenvalue weighted by Crippen LogP contribution is -2.04. The van der Waals surface area contributed by atoms with E-state index in [1.165, 1.54) is 35.6 Å². The first-order valence-electron chi connectivity index (χ1n) is 11.3. The maximum atomic E-state index is 14.8. The van der Waals surface area contributed by atoms with Gasteiger partial charge in [0.25, 0.3) is 0 Å². The standard InChI is InChI=1S/C29H27F3O/c1-33-25-15-13-22(14-16-25)29-27(31)17-24(18-28(29)32)23(19-30)9-3-2-7-20-10-6-11-21-8-4-5-12-26(20)21/h4-6,8,10-18,23H,2-3,7,9,19H2,1H3. The van der Waals surface area contributed by atoms with Crippen molar-refractivity contribution in [3.05, 3.63) is 102 Å². The first-order valence-corrected chi connectivity index (χ1v) is 11.3. The Morgan fingerprint density at radius 2 is 1.52 bits per heavy atom. The largest absolute Gasteiger partial charge is 0.497 e. The zero-order valence-corrected chi connectivity index (χ0v) is 18.7. The maximum Gasteiger partial charge on any atom is 0.134 e. The van der Waals surface area contributed by atoms with E-state index in [1.807, 2.05) is 12.1 Å². The number of methoxy groups -OCH3 is 1. The molecule has 4 heteroatoms. The van der Waals surface area contributed by atoms with E-state index in [9.17, 15) is 13.2 Å². The van der Waals surface area contributed by atoms with Crippen LogP contribution in [0.4, 0.5) is 13.2 Å². The van der Waals surface area contributed by atoms with Gasteiger partial charge in [-0.3, -0.25) is 4.39 Å². The van der Waals surface area contributed by atoms with Crippen molar-refractivity contribution in [3.8, 4) is 16.9 Å². The number of ether oxygens (including phenoxy) is 1. The van der Waals surface area contributed by atoms with Crippen LogP contribution in [0.5, 0.6) is 5.75 Å². The van der Waals surface area contributed by atoms with Crippen molar-refractivity contribution in [1.82, 2.24) is 0 Å². The Hall–Kier alpha value is -3.27. The highest BCUT2D eigenvalue weighted by atomic mass is 19.1. The van der Waals surface area contributed by atoms with E-state index >= 15 is 0 Å². The van der Waals surface area contributed by atoms with Crippen molar-refractivity contribution in [2.45, 2.75) is 31.6 Å². The SMILES string of the molecule is COc1ccc(-c2c(F)cc(C(CF)CCCCc3cccc4ccccc34)cc2F)cc1. The summed E-state index contributed by atoms with van der Waals surface area (Å²) in [5.74, 6) is -1.27. The quantitative estimate of drug-likeness (QED) is 0.234. The molecule has 0 aromatic heterocycles. The van der Waals surface area contributed by atoms with Crippen LogP contribution in [0.1, 0.15) is 36.3 Å². The molecule has 0 N–H and O–H groups in total. The molecule has 0 saturated carbocycles. The lowest BCUT2D eigenvalue weighted by molar-refractivity contribution is 0.403. The maximum absolute atomic E-state index is 14.8. The van der Waals surface area contributed by atoms with Crippen LogP contribution < -0.4 is 4.74 Å². The molecule has 1 atom stereocenters. The second-order valence-corrected chi connectivity index (χ2v) is 8.32. The topological polar surface area (TPSA) is 9.23 Å². The Morgan fingerprint density at radius 1 is 0.818 bits per heavy atom. The Bertz CT molecular complexity index is 1190. The highest BCUT2D eigenvalue weighted by Crippen LogP contribution is 2.32. The van der Waals surface area contributed by atoms with Crippen LogP contribution in [0.3, 0.4) is 0 Å². The van der Waals surface area contributed by atoms with Gasteiger partial charge in [0.15, 0.2) is 0 Å². The molecule has 4 aromatic rings. The van der Waals surface area contributed by atoms with Crippen LogP contribution in [0.25, 0.3) is 21.9 Å². The van der Waals surface area contributed by atoms with Gasteiger partial charge in [0.1, 0.15) is 17.4 Å². The van der Waals surface area contributed by atoms with Crippen LogP contribution in [0.2, 0.25) is 0 Å². The average molecular weight is 449 g/mol. The molecule has 0 heterocycles. The smallest absolute Gasteiger partial charge is 0.134 e. The Balaban J connectivity index is 1.43. The third-order valence-corrected chi connectivity index (χ3v) is 6.23. The number of fused-ring (bicyclic) bond motifs is 1. The van der Waals surface area contributed by atoms with Crippen LogP contribution in [-0.2, 0) is 6.42 Å². The van der Waals surface area contributed by atoms with Gasteiger partial charge < -0.3 is 4.74 Å². The summed E-state index contributed by atoms with van der Waals surface area (Å²) in [5.41, 5.74) is 1.96. The summed E-state index contributed by atoms with van der Waals surface area (Å²) in [4.78, 5) is 0. The fourth-order valence-corrected chi connectivity index (χ4v) is 4.41. The van der Waals surface area contributed by atoms with Gasteiger partial charge in [-0.25, -0.2) is 8.78 Å². The second kappa shape index (κ2) is 10.6. The van der Waals surface area contributed by atoms with E-state index in [4.69, 9.17) is 4.74 Å². The molecule has 170 valence electrons. The van der Waals surface area contributed by atoms with Gasteiger partial charge in [0.2, 0.25) is 0 Å². The van der Waals surface area contributed by atoms with Crippen molar-refractivity contribution >= 4 is 10.8 Å². The minimum absolute atomic E-state index is 0.102. The van der Waals surface area contributed by atoms with E-state index in [0.717, 1.165) is 19.3 Å². The first-order chi connectivity index (χ1) is 16.1. The summed E-state index contributed by atoms with van der Waals surface area (Å²) < 4.78 is 48.6. The monoisotopic (exact) mass is 448 g/mol. The molecule has 33 heavy (non-hydrogen) atoms. The van der Waals surface area contributed by atoms with Gasteiger partial charge in [0, 0.05) is 5.92 Å². The number of halogens is 3. The number of hydrogen-bond acceptors (Lipinski definition) is 1. The molecule has 0 aliphatic rings. The third-order valence-electron chi connectivity index (χ3n) is 6.23. The lowest BCUT2D eigenvalue weighted by Gasteiger charge is -2.16. The second-order valence-electron chi connectivity index (χ2n) is 8.32. The molecule has 1 unspecified atom stereocenters. The highest BCUT2D eigenvalue weighted by molar-refractivity contribution is 5.85. The summed E-state index contributed by atoms with van der Waals surface area (Å²) in [7, 11) is 1.53. The number of alkyl halides is 1. The van der Waals surface area contributed by atoms with Crippen LogP contribution in [0, 0.1) is 11.6 Å². The molecule has 0 spiro atoms. The Kier molecular flexibility index (Phi) is 7.33. The van der Waals surface area contributed by atoms with Gasteiger partial charge in [-0.2, -0.15) is 0 Å². The van der Waals surface area contributed by atoms with Gasteiger partial charge in [-0.1, -0.05) is 61.0 Å². The molecule has 0 radical (unpaired) electrons. The molecule has 0 fully saturated rings. The molecule has 0 bridgehead atoms. The number of hydrogen-bond donors (Lipinski definition) is 0. The van der Waals surface area contributed by atoms with E-state index in [2.05, 4.69) is 30.3 Å². The molecular weight excluding hydrogens is 421 g/mol. The molecular formula is C29H27F3O. The molecule has 0 saturated heterocycles. The molecule has 1 nitrogen and oxygen atoms in total. The first kappa shape index (κ1) is 22.9. The zero-order chi connectivity index (χ0) is 23.2. The Labute approximate surface area is 192 Å². The van der Waals surface area contributed by atoms with Crippen LogP contribution >= 0.6 is 0 Å². The summed E-state index contributed by atoms with van der Waals surface area (Å²) in [6.07, 6.45) is 3.10. The fraction of sp³-hybridized carbons (Fsp3) is 0.241. The molecule has 4 aromatic carbocycles. The van der Waals surface area contributed by atoms with Crippen molar-refractivity contribution in [3.63, 3.8) is 0 Å². The summed E-state index contributed by atoms with van der Waals surface area (Å²) in [5, 5.41) is 2.44. The average Bonchev–Trinajstić information content (AvgIpc) is 2.84. The zero-order valence-electron chi connectivity index (χ0n) is 18.7. The Morgan fingerprint density at radius 3 is 2.21 bits per heavy atom. The molecule has 0 aliphatic carbocycles. The number of benzene rings is 4. The van der Waals surface area contributed by atoms with Gasteiger partial charge in [-0.05, 0) is 71.0 Å². The van der Waals surface area contributed by atoms with Gasteiger partial charge in [-0.15, -0.1) is 0 Å². The minimum Gasteiger partial charge on any atom is -0.497 e. The molecule has 0 amide bonds. The van der Waals surface area contributed by atoms with Gasteiger partial charge in [0.05, 0.1) is 19.3 Å². The van der Waals surface area contributed by atoms with Crippen molar-refractivity contribution < 1.29 is 17.9 Å². The predicted octanol–water partition coefficient (Wildman–Crippen LogP) is 8.26. The van der Waals surface area contributed by atoms with E-state index in [1.54, 1.807) is 24.3 Å². The van der Waals surface area contributed by atoms with E-state index in [-0.39, 0.29) is 5.56 Å². The minimum atomic E-state index is -0.677. The van der Waals surface area contributed by atoms with Crippen LogP contribution in [0.15, 0.2) is 78.9 Å². The van der Waals surface area contributed by atoms with E-state index < -0.39 is 24.2 Å². The van der Waals surface area contributed by atoms with Gasteiger partial charge >= 0.3 is 0 Å². The lowest BCUT2D eigenvalue weighted by atomic mass is 9.91. The third kappa shape index (κ3) is 5.22. The normalized spacial score (nSPS) is 12.1. The van der Waals surface area contributed by atoms with Crippen molar-refractivity contribution in [2.24, 2.45) is 0 Å². The van der Waals surface area contributed by atoms with Crippen LogP contribution in [-0.4, -0.2) is 13.8 Å². The van der Waals surface area contributed by atoms with E-state index in [0.29, 0.717) is 23.3 Å². The number of rotatable bonds is 9.